The van der Waals surface area contributed by atoms with Crippen molar-refractivity contribution >= 4 is 6.29 Å². The number of hydrogen-bond donors (Lipinski definition) is 0. The molecule has 178 valence electrons. The molecule has 0 radical (unpaired) electrons. The molecular weight excluding hydrogens is 376 g/mol. The van der Waals surface area contributed by atoms with Crippen LogP contribution in [0.4, 0.5) is 0 Å². The van der Waals surface area contributed by atoms with E-state index < -0.39 is 0 Å². The topological polar surface area (TPSA) is 17.1 Å². The average molecular weight is 429 g/mol. The predicted molar refractivity (Wildman–Crippen MR) is 132 cm³/mol. The van der Waals surface area contributed by atoms with Crippen molar-refractivity contribution < 1.29 is 4.79 Å². The first-order chi connectivity index (χ1) is 14.3. The standard InChI is InChI=1S/C30H52O/c1-20-19-24-28(7)15-11-21(2)27(5,6)23(28)13-17-29(24,8)30(9)16-12-22(25(20)30)26(3,4)14-10-18-31/h18,20-25H,10-17,19H2,1-9H3/t20?,21-,22?,23?,24?,25+,28-,29+,30+/m0/s1. The second-order valence-corrected chi connectivity index (χ2v) is 14.8. The molecule has 0 spiro atoms. The smallest absolute Gasteiger partial charge is 0.120 e. The molecule has 4 fully saturated rings. The molecule has 0 aromatic rings. The van der Waals surface area contributed by atoms with E-state index >= 15 is 0 Å². The van der Waals surface area contributed by atoms with Crippen molar-refractivity contribution in [3.05, 3.63) is 0 Å². The van der Waals surface area contributed by atoms with Gasteiger partial charge in [-0.3, -0.25) is 0 Å². The van der Waals surface area contributed by atoms with E-state index in [1.165, 1.54) is 44.9 Å². The summed E-state index contributed by atoms with van der Waals surface area (Å²) in [5.41, 5.74) is 2.20. The Kier molecular flexibility index (Phi) is 5.63. The van der Waals surface area contributed by atoms with Gasteiger partial charge in [-0.2, -0.15) is 0 Å². The van der Waals surface area contributed by atoms with Crippen molar-refractivity contribution in [2.24, 2.45) is 62.6 Å². The molecule has 1 heteroatoms. The largest absolute Gasteiger partial charge is 0.303 e. The van der Waals surface area contributed by atoms with E-state index in [-0.39, 0.29) is 5.41 Å². The Bertz CT molecular complexity index is 705. The molecule has 1 nitrogen and oxygen atoms in total. The fraction of sp³-hybridized carbons (Fsp3) is 0.967. The molecule has 4 unspecified atom stereocenters. The molecule has 0 aromatic carbocycles. The molecule has 4 aliphatic rings. The maximum Gasteiger partial charge on any atom is 0.120 e. The highest BCUT2D eigenvalue weighted by molar-refractivity contribution is 5.49. The van der Waals surface area contributed by atoms with Crippen LogP contribution in [-0.4, -0.2) is 6.29 Å². The Balaban J connectivity index is 1.71. The number of carbonyl (C=O) groups excluding carboxylic acids is 1. The Morgan fingerprint density at radius 3 is 2.16 bits per heavy atom. The molecule has 0 saturated heterocycles. The highest BCUT2D eigenvalue weighted by atomic mass is 16.1. The SMILES string of the molecule is CC1CC2[C@@]3(C)CC[C@H](C)C(C)(C)C3CC[C@@]2(C)[C@]2(C)CCC(C(C)(C)CCC=O)[C@@H]12. The summed E-state index contributed by atoms with van der Waals surface area (Å²) in [6, 6.07) is 0. The zero-order chi connectivity index (χ0) is 23.0. The number of aldehydes is 1. The van der Waals surface area contributed by atoms with Gasteiger partial charge in [0.25, 0.3) is 0 Å². The summed E-state index contributed by atoms with van der Waals surface area (Å²) >= 11 is 0. The molecule has 0 aromatic heterocycles. The van der Waals surface area contributed by atoms with Crippen LogP contribution in [0.2, 0.25) is 0 Å². The van der Waals surface area contributed by atoms with E-state index in [0.717, 1.165) is 54.6 Å². The first-order valence-electron chi connectivity index (χ1n) is 13.7. The van der Waals surface area contributed by atoms with Crippen molar-refractivity contribution in [1.82, 2.24) is 0 Å². The van der Waals surface area contributed by atoms with Crippen LogP contribution >= 0.6 is 0 Å². The zero-order valence-electron chi connectivity index (χ0n) is 22.3. The lowest BCUT2D eigenvalue weighted by molar-refractivity contribution is -0.225. The summed E-state index contributed by atoms with van der Waals surface area (Å²) in [4.78, 5) is 11.2. The van der Waals surface area contributed by atoms with Crippen LogP contribution in [0.5, 0.6) is 0 Å². The Morgan fingerprint density at radius 1 is 0.871 bits per heavy atom. The molecule has 4 rings (SSSR count). The molecule has 9 atom stereocenters. The van der Waals surface area contributed by atoms with Crippen LogP contribution in [0.25, 0.3) is 0 Å². The van der Waals surface area contributed by atoms with Gasteiger partial charge >= 0.3 is 0 Å². The van der Waals surface area contributed by atoms with Crippen molar-refractivity contribution in [2.45, 2.75) is 120 Å². The van der Waals surface area contributed by atoms with E-state index in [0.29, 0.717) is 21.7 Å². The molecule has 0 heterocycles. The molecular formula is C30H52O. The first-order valence-corrected chi connectivity index (χ1v) is 13.7. The Labute approximate surface area is 193 Å². The van der Waals surface area contributed by atoms with Gasteiger partial charge in [0.15, 0.2) is 0 Å². The van der Waals surface area contributed by atoms with Crippen LogP contribution in [0.15, 0.2) is 0 Å². The zero-order valence-corrected chi connectivity index (χ0v) is 22.3. The number of fused-ring (bicyclic) bond motifs is 5. The maximum atomic E-state index is 11.2. The molecule has 4 aliphatic carbocycles. The van der Waals surface area contributed by atoms with E-state index in [2.05, 4.69) is 62.3 Å². The van der Waals surface area contributed by atoms with Crippen LogP contribution in [0, 0.1) is 62.6 Å². The van der Waals surface area contributed by atoms with Gasteiger partial charge in [-0.1, -0.05) is 62.3 Å². The normalized spacial score (nSPS) is 51.5. The lowest BCUT2D eigenvalue weighted by Gasteiger charge is -2.71. The summed E-state index contributed by atoms with van der Waals surface area (Å²) in [6.45, 7) is 23.5. The van der Waals surface area contributed by atoms with E-state index in [4.69, 9.17) is 0 Å². The highest BCUT2D eigenvalue weighted by Crippen LogP contribution is 2.77. The van der Waals surface area contributed by atoms with Gasteiger partial charge in [0.2, 0.25) is 0 Å². The van der Waals surface area contributed by atoms with Gasteiger partial charge in [-0.05, 0) is 114 Å². The van der Waals surface area contributed by atoms with Crippen molar-refractivity contribution in [2.75, 3.05) is 0 Å². The molecule has 0 aliphatic heterocycles. The fourth-order valence-electron chi connectivity index (χ4n) is 10.9. The number of carbonyl (C=O) groups is 1. The van der Waals surface area contributed by atoms with Crippen LogP contribution in [0.3, 0.4) is 0 Å². The van der Waals surface area contributed by atoms with Crippen molar-refractivity contribution in [3.63, 3.8) is 0 Å². The molecule has 31 heavy (non-hydrogen) atoms. The second kappa shape index (κ2) is 7.33. The summed E-state index contributed by atoms with van der Waals surface area (Å²) in [6.07, 6.45) is 12.9. The van der Waals surface area contributed by atoms with Crippen molar-refractivity contribution in [1.29, 1.82) is 0 Å². The summed E-state index contributed by atoms with van der Waals surface area (Å²) in [7, 11) is 0. The fourth-order valence-corrected chi connectivity index (χ4v) is 10.9. The monoisotopic (exact) mass is 428 g/mol. The average Bonchev–Trinajstić information content (AvgIpc) is 3.06. The quantitative estimate of drug-likeness (QED) is 0.410. The molecule has 0 amide bonds. The van der Waals surface area contributed by atoms with Crippen LogP contribution in [0.1, 0.15) is 120 Å². The van der Waals surface area contributed by atoms with Crippen LogP contribution in [-0.2, 0) is 4.79 Å². The van der Waals surface area contributed by atoms with Gasteiger partial charge in [-0.25, -0.2) is 0 Å². The van der Waals surface area contributed by atoms with E-state index in [1.54, 1.807) is 0 Å². The van der Waals surface area contributed by atoms with Crippen LogP contribution < -0.4 is 0 Å². The second-order valence-electron chi connectivity index (χ2n) is 14.8. The first kappa shape index (κ1) is 23.8. The third-order valence-corrected chi connectivity index (χ3v) is 13.2. The third-order valence-electron chi connectivity index (χ3n) is 13.2. The number of hydrogen-bond acceptors (Lipinski definition) is 1. The third kappa shape index (κ3) is 3.10. The van der Waals surface area contributed by atoms with Gasteiger partial charge in [-0.15, -0.1) is 0 Å². The van der Waals surface area contributed by atoms with Gasteiger partial charge in [0, 0.05) is 6.42 Å². The van der Waals surface area contributed by atoms with Crippen molar-refractivity contribution in [3.8, 4) is 0 Å². The predicted octanol–water partition coefficient (Wildman–Crippen LogP) is 8.56. The highest BCUT2D eigenvalue weighted by Gasteiger charge is 2.70. The van der Waals surface area contributed by atoms with Gasteiger partial charge in [0.05, 0.1) is 0 Å². The summed E-state index contributed by atoms with van der Waals surface area (Å²) in [5.74, 6) is 5.02. The minimum atomic E-state index is 0.282. The van der Waals surface area contributed by atoms with Gasteiger partial charge in [0.1, 0.15) is 6.29 Å². The van der Waals surface area contributed by atoms with E-state index in [9.17, 15) is 4.79 Å². The minimum Gasteiger partial charge on any atom is -0.303 e. The minimum absolute atomic E-state index is 0.282. The molecule has 0 bridgehead atoms. The molecule has 4 saturated carbocycles. The number of rotatable bonds is 4. The summed E-state index contributed by atoms with van der Waals surface area (Å²) < 4.78 is 0. The Hall–Kier alpha value is -0.330. The lowest BCUT2D eigenvalue weighted by atomic mass is 9.34. The summed E-state index contributed by atoms with van der Waals surface area (Å²) in [5, 5.41) is 0. The van der Waals surface area contributed by atoms with E-state index in [1.807, 2.05) is 0 Å². The Morgan fingerprint density at radius 2 is 1.52 bits per heavy atom. The van der Waals surface area contributed by atoms with Gasteiger partial charge < -0.3 is 4.79 Å². The maximum absolute atomic E-state index is 11.2. The lowest BCUT2D eigenvalue weighted by Crippen LogP contribution is -2.64. The molecule has 0 N–H and O–H groups in total.